The van der Waals surface area contributed by atoms with Gasteiger partial charge in [-0.15, -0.1) is 11.3 Å². The van der Waals surface area contributed by atoms with E-state index in [4.69, 9.17) is 4.74 Å². The summed E-state index contributed by atoms with van der Waals surface area (Å²) in [5.41, 5.74) is 1.64. The van der Waals surface area contributed by atoms with Crippen molar-refractivity contribution in [3.63, 3.8) is 0 Å². The predicted molar refractivity (Wildman–Crippen MR) is 99.1 cm³/mol. The molecule has 0 unspecified atom stereocenters. The summed E-state index contributed by atoms with van der Waals surface area (Å²) in [4.78, 5) is 23.4. The number of aryl methyl sites for hydroxylation is 1. The Morgan fingerprint density at radius 2 is 2.36 bits per heavy atom. The maximum atomic E-state index is 12.3. The summed E-state index contributed by atoms with van der Waals surface area (Å²) >= 11 is 1.58. The van der Waals surface area contributed by atoms with E-state index < -0.39 is 0 Å². The first-order valence-electron chi connectivity index (χ1n) is 8.61. The predicted octanol–water partition coefficient (Wildman–Crippen LogP) is 2.50. The number of anilines is 1. The molecule has 1 aliphatic heterocycles. The monoisotopic (exact) mass is 360 g/mol. The quantitative estimate of drug-likeness (QED) is 0.822. The zero-order valence-corrected chi connectivity index (χ0v) is 15.5. The van der Waals surface area contributed by atoms with Crippen LogP contribution in [0, 0.1) is 5.92 Å². The number of hydrogen-bond acceptors (Lipinski definition) is 6. The van der Waals surface area contributed by atoms with E-state index in [0.29, 0.717) is 18.0 Å². The summed E-state index contributed by atoms with van der Waals surface area (Å²) in [5, 5.41) is 5.86. The van der Waals surface area contributed by atoms with Crippen LogP contribution < -0.4 is 10.2 Å². The minimum absolute atomic E-state index is 0.119. The number of rotatable bonds is 7. The number of ether oxygens (including phenoxy) is 1. The first-order valence-corrected chi connectivity index (χ1v) is 9.49. The molecule has 6 nitrogen and oxygen atoms in total. The second-order valence-electron chi connectivity index (χ2n) is 6.23. The Balaban J connectivity index is 1.53. The molecule has 1 amide bonds. The van der Waals surface area contributed by atoms with Crippen LogP contribution in [-0.2, 0) is 17.7 Å². The van der Waals surface area contributed by atoms with E-state index in [0.717, 1.165) is 49.1 Å². The highest BCUT2D eigenvalue weighted by Crippen LogP contribution is 2.22. The van der Waals surface area contributed by atoms with Crippen LogP contribution in [0.2, 0.25) is 0 Å². The van der Waals surface area contributed by atoms with E-state index in [1.54, 1.807) is 24.6 Å². The molecule has 3 rings (SSSR count). The average molecular weight is 360 g/mol. The van der Waals surface area contributed by atoms with Gasteiger partial charge in [-0.2, -0.15) is 0 Å². The molecule has 1 N–H and O–H groups in total. The Morgan fingerprint density at radius 3 is 3.04 bits per heavy atom. The van der Waals surface area contributed by atoms with Gasteiger partial charge in [0, 0.05) is 37.7 Å². The molecule has 2 aromatic rings. The highest BCUT2D eigenvalue weighted by molar-refractivity contribution is 7.09. The third-order valence-corrected chi connectivity index (χ3v) is 5.28. The van der Waals surface area contributed by atoms with Crippen LogP contribution >= 0.6 is 11.3 Å². The molecule has 134 valence electrons. The van der Waals surface area contributed by atoms with Gasteiger partial charge in [0.2, 0.25) is 0 Å². The molecule has 1 aliphatic rings. The zero-order chi connectivity index (χ0) is 17.6. The lowest BCUT2D eigenvalue weighted by molar-refractivity contribution is 0.0950. The van der Waals surface area contributed by atoms with Gasteiger partial charge in [-0.05, 0) is 25.0 Å². The number of amides is 1. The van der Waals surface area contributed by atoms with Gasteiger partial charge in [0.15, 0.2) is 0 Å². The largest absolute Gasteiger partial charge is 0.384 e. The molecular formula is C18H24N4O2S. The number of nitrogens with one attached hydrogen (secondary N) is 1. The van der Waals surface area contributed by atoms with Crippen molar-refractivity contribution in [2.45, 2.75) is 26.3 Å². The number of aromatic nitrogens is 2. The number of thiazole rings is 1. The second kappa shape index (κ2) is 8.40. The molecule has 1 saturated heterocycles. The van der Waals surface area contributed by atoms with Crippen molar-refractivity contribution in [2.75, 3.05) is 31.7 Å². The van der Waals surface area contributed by atoms with Crippen molar-refractivity contribution in [1.82, 2.24) is 15.3 Å². The fourth-order valence-electron chi connectivity index (χ4n) is 2.97. The molecule has 1 fully saturated rings. The molecule has 0 radical (unpaired) electrons. The van der Waals surface area contributed by atoms with Crippen molar-refractivity contribution in [3.8, 4) is 0 Å². The number of carbonyl (C=O) groups excluding carboxylic acids is 1. The van der Waals surface area contributed by atoms with Gasteiger partial charge < -0.3 is 15.0 Å². The van der Waals surface area contributed by atoms with E-state index in [9.17, 15) is 4.79 Å². The molecule has 0 bridgehead atoms. The third-order valence-electron chi connectivity index (χ3n) is 4.38. The van der Waals surface area contributed by atoms with Gasteiger partial charge in [-0.1, -0.05) is 6.92 Å². The lowest BCUT2D eigenvalue weighted by Crippen LogP contribution is -2.24. The fourth-order valence-corrected chi connectivity index (χ4v) is 3.79. The lowest BCUT2D eigenvalue weighted by Gasteiger charge is -2.17. The van der Waals surface area contributed by atoms with Crippen LogP contribution in [-0.4, -0.2) is 42.7 Å². The van der Waals surface area contributed by atoms with Crippen LogP contribution in [0.1, 0.15) is 34.4 Å². The normalized spacial score (nSPS) is 17.0. The molecule has 1 atom stereocenters. The van der Waals surface area contributed by atoms with Crippen molar-refractivity contribution >= 4 is 23.1 Å². The average Bonchev–Trinajstić information content (AvgIpc) is 3.29. The first-order chi connectivity index (χ1) is 12.2. The molecule has 25 heavy (non-hydrogen) atoms. The first kappa shape index (κ1) is 17.8. The van der Waals surface area contributed by atoms with Crippen LogP contribution in [0.15, 0.2) is 23.7 Å². The summed E-state index contributed by atoms with van der Waals surface area (Å²) in [6.07, 6.45) is 3.68. The van der Waals surface area contributed by atoms with Crippen molar-refractivity contribution in [3.05, 3.63) is 40.0 Å². The fraction of sp³-hybridized carbons (Fsp3) is 0.500. The van der Waals surface area contributed by atoms with Crippen molar-refractivity contribution < 1.29 is 9.53 Å². The van der Waals surface area contributed by atoms with E-state index in [2.05, 4.69) is 27.1 Å². The summed E-state index contributed by atoms with van der Waals surface area (Å²) in [5.74, 6) is 1.36. The Kier molecular flexibility index (Phi) is 5.99. The minimum atomic E-state index is -0.119. The molecule has 0 spiro atoms. The maximum absolute atomic E-state index is 12.3. The van der Waals surface area contributed by atoms with Crippen molar-refractivity contribution in [1.29, 1.82) is 0 Å². The number of hydrogen-bond donors (Lipinski definition) is 1. The van der Waals surface area contributed by atoms with Gasteiger partial charge in [-0.25, -0.2) is 9.97 Å². The maximum Gasteiger partial charge on any atom is 0.253 e. The van der Waals surface area contributed by atoms with E-state index >= 15 is 0 Å². The van der Waals surface area contributed by atoms with Crippen LogP contribution in [0.4, 0.5) is 5.82 Å². The lowest BCUT2D eigenvalue weighted by atomic mass is 10.1. The highest BCUT2D eigenvalue weighted by atomic mass is 32.1. The minimum Gasteiger partial charge on any atom is -0.384 e. The third kappa shape index (κ3) is 4.55. The SMILES string of the molecule is CCc1csc(CNC(=O)c2ccc(N3CC[C@H](COC)C3)nc2)n1. The highest BCUT2D eigenvalue weighted by Gasteiger charge is 2.23. The number of methoxy groups -OCH3 is 1. The Hall–Kier alpha value is -1.99. The van der Waals surface area contributed by atoms with Crippen LogP contribution in [0.25, 0.3) is 0 Å². The summed E-state index contributed by atoms with van der Waals surface area (Å²) in [6, 6.07) is 3.75. The van der Waals surface area contributed by atoms with Crippen LogP contribution in [0.3, 0.4) is 0 Å². The Bertz CT molecular complexity index is 701. The molecular weight excluding hydrogens is 336 g/mol. The van der Waals surface area contributed by atoms with Crippen molar-refractivity contribution in [2.24, 2.45) is 5.92 Å². The van der Waals surface area contributed by atoms with Gasteiger partial charge in [-0.3, -0.25) is 4.79 Å². The molecule has 2 aromatic heterocycles. The van der Waals surface area contributed by atoms with E-state index in [1.807, 2.05) is 17.5 Å². The molecule has 0 aromatic carbocycles. The topological polar surface area (TPSA) is 67.4 Å². The Morgan fingerprint density at radius 1 is 1.48 bits per heavy atom. The van der Waals surface area contributed by atoms with Gasteiger partial charge in [0.25, 0.3) is 5.91 Å². The van der Waals surface area contributed by atoms with Crippen LogP contribution in [0.5, 0.6) is 0 Å². The van der Waals surface area contributed by atoms with E-state index in [1.165, 1.54) is 0 Å². The zero-order valence-electron chi connectivity index (χ0n) is 14.7. The summed E-state index contributed by atoms with van der Waals surface area (Å²) in [6.45, 7) is 5.25. The smallest absolute Gasteiger partial charge is 0.253 e. The van der Waals surface area contributed by atoms with Gasteiger partial charge in [0.1, 0.15) is 10.8 Å². The number of pyridine rings is 1. The molecule has 0 aliphatic carbocycles. The summed E-state index contributed by atoms with van der Waals surface area (Å²) < 4.78 is 5.23. The standard InChI is InChI=1S/C18H24N4O2S/c1-3-15-12-25-17(21-15)9-20-18(23)14-4-5-16(19-8-14)22-7-6-13(10-22)11-24-2/h4-5,8,12-13H,3,6-7,9-11H2,1-2H3,(H,20,23)/t13-/m0/s1. The van der Waals surface area contributed by atoms with E-state index in [-0.39, 0.29) is 5.91 Å². The summed E-state index contributed by atoms with van der Waals surface area (Å²) in [7, 11) is 1.74. The van der Waals surface area contributed by atoms with Gasteiger partial charge >= 0.3 is 0 Å². The van der Waals surface area contributed by atoms with Gasteiger partial charge in [0.05, 0.1) is 24.4 Å². The second-order valence-corrected chi connectivity index (χ2v) is 7.17. The Labute approximate surface area is 152 Å². The number of carbonyl (C=O) groups is 1. The number of nitrogens with zero attached hydrogens (tertiary/aromatic N) is 3. The molecule has 7 heteroatoms. The molecule has 3 heterocycles. The molecule has 0 saturated carbocycles.